The highest BCUT2D eigenvalue weighted by Gasteiger charge is 2.32. The normalized spacial score (nSPS) is 21.9. The van der Waals surface area contributed by atoms with Crippen molar-refractivity contribution in [1.82, 2.24) is 19.8 Å². The molecule has 0 saturated carbocycles. The summed E-state index contributed by atoms with van der Waals surface area (Å²) in [5.74, 6) is 0.708. The zero-order valence-corrected chi connectivity index (χ0v) is 15.9. The minimum Gasteiger partial charge on any atom is -0.357 e. The van der Waals surface area contributed by atoms with Gasteiger partial charge in [0.05, 0.1) is 5.69 Å². The van der Waals surface area contributed by atoms with Crippen LogP contribution in [0, 0.1) is 5.92 Å². The van der Waals surface area contributed by atoms with Crippen LogP contribution in [0.5, 0.6) is 0 Å². The van der Waals surface area contributed by atoms with E-state index in [-0.39, 0.29) is 17.7 Å². The topological polar surface area (TPSA) is 78.4 Å². The van der Waals surface area contributed by atoms with Gasteiger partial charge in [-0.05, 0) is 32.1 Å². The quantitative estimate of drug-likeness (QED) is 0.825. The van der Waals surface area contributed by atoms with Crippen molar-refractivity contribution in [2.24, 2.45) is 5.92 Å². The molecule has 1 fully saturated rings. The number of anilines is 1. The van der Waals surface area contributed by atoms with Crippen LogP contribution in [0.1, 0.15) is 53.8 Å². The van der Waals surface area contributed by atoms with Gasteiger partial charge < -0.3 is 15.1 Å². The van der Waals surface area contributed by atoms with E-state index in [4.69, 9.17) is 0 Å². The maximum atomic E-state index is 13.1. The number of carbonyl (C=O) groups excluding carboxylic acids is 2. The first-order valence-electron chi connectivity index (χ1n) is 9.98. The molecule has 3 aliphatic rings. The Labute approximate surface area is 159 Å². The lowest BCUT2D eigenvalue weighted by Gasteiger charge is -2.33. The first-order chi connectivity index (χ1) is 13.2. The largest absolute Gasteiger partial charge is 0.357 e. The molecule has 27 heavy (non-hydrogen) atoms. The molecule has 0 spiro atoms. The van der Waals surface area contributed by atoms with Crippen molar-refractivity contribution in [3.05, 3.63) is 29.1 Å². The summed E-state index contributed by atoms with van der Waals surface area (Å²) < 4.78 is 0. The molecule has 1 saturated heterocycles. The van der Waals surface area contributed by atoms with E-state index in [1.165, 1.54) is 0 Å². The van der Waals surface area contributed by atoms with Crippen LogP contribution in [0.25, 0.3) is 0 Å². The number of nitrogens with zero attached hydrogens (tertiary/aromatic N) is 4. The van der Waals surface area contributed by atoms with Crippen molar-refractivity contribution in [1.29, 1.82) is 0 Å². The van der Waals surface area contributed by atoms with Crippen LogP contribution >= 0.6 is 0 Å². The predicted octanol–water partition coefficient (Wildman–Crippen LogP) is 2.00. The number of aromatic nitrogens is 2. The van der Waals surface area contributed by atoms with Crippen molar-refractivity contribution in [3.63, 3.8) is 0 Å². The van der Waals surface area contributed by atoms with Gasteiger partial charge >= 0.3 is 0 Å². The fraction of sp³-hybridized carbons (Fsp3) is 0.600. The monoisotopic (exact) mass is 369 g/mol. The third-order valence-corrected chi connectivity index (χ3v) is 5.81. The van der Waals surface area contributed by atoms with Crippen molar-refractivity contribution >= 4 is 17.8 Å². The lowest BCUT2D eigenvalue weighted by atomic mass is 9.92. The molecule has 1 aromatic rings. The van der Waals surface area contributed by atoms with E-state index in [1.54, 1.807) is 7.05 Å². The molecule has 2 amide bonds. The molecule has 3 heterocycles. The molecule has 1 aromatic heterocycles. The van der Waals surface area contributed by atoms with Crippen LogP contribution in [-0.2, 0) is 17.8 Å². The number of rotatable bonds is 3. The number of amides is 2. The zero-order chi connectivity index (χ0) is 18.8. The van der Waals surface area contributed by atoms with Crippen molar-refractivity contribution in [3.8, 4) is 0 Å². The lowest BCUT2D eigenvalue weighted by molar-refractivity contribution is -0.136. The second-order valence-corrected chi connectivity index (χ2v) is 7.56. The number of hydrogen-bond donors (Lipinski definition) is 1. The summed E-state index contributed by atoms with van der Waals surface area (Å²) in [7, 11) is 1.76. The third kappa shape index (κ3) is 3.55. The maximum absolute atomic E-state index is 13.1. The summed E-state index contributed by atoms with van der Waals surface area (Å²) in [6, 6.07) is 0. The van der Waals surface area contributed by atoms with Gasteiger partial charge in [0.1, 0.15) is 5.69 Å². The minimum absolute atomic E-state index is 0.0300. The average Bonchev–Trinajstić information content (AvgIpc) is 3.27. The molecule has 4 rings (SSSR count). The first-order valence-corrected chi connectivity index (χ1v) is 9.98. The summed E-state index contributed by atoms with van der Waals surface area (Å²) in [6.07, 6.45) is 9.69. The highest BCUT2D eigenvalue weighted by Crippen LogP contribution is 2.27. The standard InChI is InChI=1S/C20H27N5O2/c1-21-20-22-16-9-12-25(18(26)14-7-3-2-4-8-14)13-15(16)17(23-20)19(27)24-10-5-6-11-24/h2-3,14H,4-13H2,1H3,(H,21,22,23)/t14-/m0/s1. The molecule has 1 N–H and O–H groups in total. The third-order valence-electron chi connectivity index (χ3n) is 5.81. The van der Waals surface area contributed by atoms with Crippen LogP contribution in [0.3, 0.4) is 0 Å². The van der Waals surface area contributed by atoms with E-state index < -0.39 is 0 Å². The van der Waals surface area contributed by atoms with Crippen LogP contribution in [0.15, 0.2) is 12.2 Å². The SMILES string of the molecule is CNc1nc2c(c(C(=O)N3CCCC3)n1)CN(C(=O)[C@H]1CC=CCC1)CC2. The second kappa shape index (κ2) is 7.66. The molecule has 0 radical (unpaired) electrons. The number of nitrogens with one attached hydrogen (secondary N) is 1. The average molecular weight is 369 g/mol. The summed E-state index contributed by atoms with van der Waals surface area (Å²) in [5, 5.41) is 2.97. The summed E-state index contributed by atoms with van der Waals surface area (Å²) >= 11 is 0. The highest BCUT2D eigenvalue weighted by molar-refractivity contribution is 5.94. The van der Waals surface area contributed by atoms with E-state index in [9.17, 15) is 9.59 Å². The number of carbonyl (C=O) groups is 2. The van der Waals surface area contributed by atoms with Crippen molar-refractivity contribution in [2.45, 2.75) is 45.1 Å². The lowest BCUT2D eigenvalue weighted by Crippen LogP contribution is -2.42. The highest BCUT2D eigenvalue weighted by atomic mass is 16.2. The van der Waals surface area contributed by atoms with Gasteiger partial charge in [0, 0.05) is 51.1 Å². The van der Waals surface area contributed by atoms with Gasteiger partial charge in [-0.2, -0.15) is 0 Å². The van der Waals surface area contributed by atoms with Crippen molar-refractivity contribution in [2.75, 3.05) is 32.0 Å². The number of likely N-dealkylation sites (tertiary alicyclic amines) is 1. The van der Waals surface area contributed by atoms with Crippen molar-refractivity contribution < 1.29 is 9.59 Å². The molecule has 1 atom stereocenters. The number of fused-ring (bicyclic) bond motifs is 1. The molecule has 7 nitrogen and oxygen atoms in total. The predicted molar refractivity (Wildman–Crippen MR) is 102 cm³/mol. The van der Waals surface area contributed by atoms with Gasteiger partial charge in [0.15, 0.2) is 0 Å². The van der Waals surface area contributed by atoms with Crippen LogP contribution in [-0.4, -0.2) is 58.3 Å². The van der Waals surface area contributed by atoms with Gasteiger partial charge in [-0.3, -0.25) is 9.59 Å². The summed E-state index contributed by atoms with van der Waals surface area (Å²) in [6.45, 7) is 2.66. The maximum Gasteiger partial charge on any atom is 0.273 e. The Morgan fingerprint density at radius 3 is 2.63 bits per heavy atom. The van der Waals surface area contributed by atoms with E-state index in [0.29, 0.717) is 31.2 Å². The smallest absolute Gasteiger partial charge is 0.273 e. The van der Waals surface area contributed by atoms with E-state index >= 15 is 0 Å². The molecule has 0 aromatic carbocycles. The first kappa shape index (κ1) is 17.9. The van der Waals surface area contributed by atoms with Gasteiger partial charge in [0.25, 0.3) is 5.91 Å². The summed E-state index contributed by atoms with van der Waals surface area (Å²) in [4.78, 5) is 38.9. The van der Waals surface area contributed by atoms with Gasteiger partial charge in [0.2, 0.25) is 11.9 Å². The van der Waals surface area contributed by atoms with Gasteiger partial charge in [-0.25, -0.2) is 9.97 Å². The fourth-order valence-corrected chi connectivity index (χ4v) is 4.24. The van der Waals surface area contributed by atoms with E-state index in [0.717, 1.165) is 56.5 Å². The molecule has 7 heteroatoms. The molecule has 144 valence electrons. The Hall–Kier alpha value is -2.44. The Balaban J connectivity index is 1.61. The Kier molecular flexibility index (Phi) is 5.09. The Morgan fingerprint density at radius 2 is 1.93 bits per heavy atom. The molecule has 0 unspecified atom stereocenters. The molecular formula is C20H27N5O2. The van der Waals surface area contributed by atoms with E-state index in [2.05, 4.69) is 27.4 Å². The van der Waals surface area contributed by atoms with Crippen LogP contribution < -0.4 is 5.32 Å². The molecule has 2 aliphatic heterocycles. The van der Waals surface area contributed by atoms with Gasteiger partial charge in [-0.1, -0.05) is 12.2 Å². The molecular weight excluding hydrogens is 342 g/mol. The van der Waals surface area contributed by atoms with Crippen LogP contribution in [0.4, 0.5) is 5.95 Å². The van der Waals surface area contributed by atoms with Gasteiger partial charge in [-0.15, -0.1) is 0 Å². The Bertz CT molecular complexity index is 770. The minimum atomic E-state index is -0.0300. The van der Waals surface area contributed by atoms with Crippen LogP contribution in [0.2, 0.25) is 0 Å². The summed E-state index contributed by atoms with van der Waals surface area (Å²) in [5.41, 5.74) is 2.19. The molecule has 1 aliphatic carbocycles. The Morgan fingerprint density at radius 1 is 1.11 bits per heavy atom. The van der Waals surface area contributed by atoms with E-state index in [1.807, 2.05) is 9.80 Å². The second-order valence-electron chi connectivity index (χ2n) is 7.56. The molecule has 0 bridgehead atoms. The number of allylic oxidation sites excluding steroid dienone is 2. The number of hydrogen-bond acceptors (Lipinski definition) is 5. The fourth-order valence-electron chi connectivity index (χ4n) is 4.24. The zero-order valence-electron chi connectivity index (χ0n) is 15.9.